The Morgan fingerprint density at radius 3 is 2.74 bits per heavy atom. The Morgan fingerprint density at radius 2 is 2.11 bits per heavy atom. The number of benzene rings is 1. The smallest absolute Gasteiger partial charge is 0.151 e. The van der Waals surface area contributed by atoms with Gasteiger partial charge in [0.05, 0.1) is 11.5 Å². The first-order chi connectivity index (χ1) is 8.98. The Balaban J connectivity index is 1.79. The maximum atomic E-state index is 11.5. The summed E-state index contributed by atoms with van der Waals surface area (Å²) in [7, 11) is -0.740. The molecule has 3 nitrogen and oxygen atoms in total. The van der Waals surface area contributed by atoms with Crippen molar-refractivity contribution in [2.45, 2.75) is 25.3 Å². The molecule has 1 heterocycles. The molecule has 0 amide bonds. The van der Waals surface area contributed by atoms with Crippen LogP contribution < -0.4 is 0 Å². The van der Waals surface area contributed by atoms with Crippen LogP contribution in [0.5, 0.6) is 0 Å². The summed E-state index contributed by atoms with van der Waals surface area (Å²) in [6, 6.07) is 8.47. The van der Waals surface area contributed by atoms with Crippen molar-refractivity contribution < 1.29 is 8.42 Å². The van der Waals surface area contributed by atoms with Crippen LogP contribution in [-0.4, -0.2) is 44.5 Å². The van der Waals surface area contributed by atoms with Gasteiger partial charge < -0.3 is 4.90 Å². The molecule has 1 atom stereocenters. The Bertz CT molecular complexity index is 530. The molecule has 0 bridgehead atoms. The summed E-state index contributed by atoms with van der Waals surface area (Å²) in [5.74, 6) is 0.685. The van der Waals surface area contributed by atoms with Crippen molar-refractivity contribution in [2.75, 3.05) is 25.1 Å². The van der Waals surface area contributed by atoms with Gasteiger partial charge in [0, 0.05) is 10.5 Å². The molecule has 0 saturated carbocycles. The molecule has 2 rings (SSSR count). The third-order valence-electron chi connectivity index (χ3n) is 3.75. The minimum atomic E-state index is -2.77. The van der Waals surface area contributed by atoms with E-state index in [9.17, 15) is 8.42 Å². The average Bonchev–Trinajstić information content (AvgIpc) is 2.72. The second-order valence-electron chi connectivity index (χ2n) is 5.23. The largest absolute Gasteiger partial charge is 0.302 e. The summed E-state index contributed by atoms with van der Waals surface area (Å²) < 4.78 is 24.1. The predicted molar refractivity (Wildman–Crippen MR) is 82.2 cm³/mol. The molecule has 1 aromatic carbocycles. The third kappa shape index (κ3) is 4.29. The van der Waals surface area contributed by atoms with Crippen molar-refractivity contribution in [3.63, 3.8) is 0 Å². The molecule has 5 heteroatoms. The Labute approximate surface area is 124 Å². The Kier molecular flexibility index (Phi) is 5.03. The molecule has 1 fully saturated rings. The fourth-order valence-corrected chi connectivity index (χ4v) is 4.81. The summed E-state index contributed by atoms with van der Waals surface area (Å²) in [4.78, 5) is 2.20. The lowest BCUT2D eigenvalue weighted by atomic mass is 10.1. The van der Waals surface area contributed by atoms with E-state index in [4.69, 9.17) is 0 Å². The molecule has 1 aliphatic rings. The van der Waals surface area contributed by atoms with Gasteiger partial charge in [0.1, 0.15) is 0 Å². The van der Waals surface area contributed by atoms with Gasteiger partial charge in [-0.3, -0.25) is 0 Å². The molecule has 0 unspecified atom stereocenters. The quantitative estimate of drug-likeness (QED) is 0.822. The number of hydrogen-bond donors (Lipinski definition) is 0. The van der Waals surface area contributed by atoms with E-state index in [1.54, 1.807) is 0 Å². The zero-order valence-corrected chi connectivity index (χ0v) is 13.6. The Hall–Kier alpha value is -0.390. The van der Waals surface area contributed by atoms with Crippen molar-refractivity contribution in [1.29, 1.82) is 0 Å². The molecule has 1 saturated heterocycles. The van der Waals surface area contributed by atoms with Crippen molar-refractivity contribution in [3.8, 4) is 0 Å². The number of sulfone groups is 1. The lowest BCUT2D eigenvalue weighted by molar-refractivity contribution is 0.259. The van der Waals surface area contributed by atoms with E-state index >= 15 is 0 Å². The van der Waals surface area contributed by atoms with Crippen LogP contribution >= 0.6 is 15.9 Å². The van der Waals surface area contributed by atoms with Gasteiger partial charge in [-0.15, -0.1) is 0 Å². The number of halogens is 1. The number of hydrogen-bond acceptors (Lipinski definition) is 3. The molecular weight excluding hydrogens is 326 g/mol. The first-order valence-electron chi connectivity index (χ1n) is 6.62. The summed E-state index contributed by atoms with van der Waals surface area (Å²) in [5, 5.41) is 0. The van der Waals surface area contributed by atoms with Crippen LogP contribution in [0.15, 0.2) is 28.7 Å². The molecule has 1 aromatic rings. The highest BCUT2D eigenvalue weighted by Crippen LogP contribution is 2.19. The topological polar surface area (TPSA) is 37.4 Å². The molecule has 0 aromatic heterocycles. The Morgan fingerprint density at radius 1 is 1.37 bits per heavy atom. The highest BCUT2D eigenvalue weighted by Gasteiger charge is 2.30. The zero-order valence-electron chi connectivity index (χ0n) is 11.2. The minimum absolute atomic E-state index is 0.212. The molecule has 1 aliphatic heterocycles. The molecule has 0 aliphatic carbocycles. The number of nitrogens with zero attached hydrogens (tertiary/aromatic N) is 1. The normalized spacial score (nSPS) is 21.9. The summed E-state index contributed by atoms with van der Waals surface area (Å²) in [6.07, 6.45) is 2.86. The highest BCUT2D eigenvalue weighted by atomic mass is 79.9. The van der Waals surface area contributed by atoms with E-state index in [2.05, 4.69) is 33.0 Å². The molecule has 19 heavy (non-hydrogen) atoms. The van der Waals surface area contributed by atoms with Crippen LogP contribution in [0.25, 0.3) is 0 Å². The highest BCUT2D eigenvalue weighted by molar-refractivity contribution is 9.10. The zero-order chi connectivity index (χ0) is 13.9. The third-order valence-corrected chi connectivity index (χ3v) is 6.27. The summed E-state index contributed by atoms with van der Waals surface area (Å²) in [6.45, 7) is 0.946. The first-order valence-corrected chi connectivity index (χ1v) is 9.23. The van der Waals surface area contributed by atoms with Gasteiger partial charge in [0.25, 0.3) is 0 Å². The second kappa shape index (κ2) is 6.37. The summed E-state index contributed by atoms with van der Waals surface area (Å²) >= 11 is 3.55. The fraction of sp³-hybridized carbons (Fsp3) is 0.571. The van der Waals surface area contributed by atoms with Gasteiger partial charge in [-0.2, -0.15) is 0 Å². The number of aryl methyl sites for hydroxylation is 1. The number of rotatable bonds is 5. The van der Waals surface area contributed by atoms with Crippen LogP contribution in [0.4, 0.5) is 0 Å². The lowest BCUT2D eigenvalue weighted by Gasteiger charge is -2.22. The van der Waals surface area contributed by atoms with Crippen LogP contribution in [0, 0.1) is 0 Å². The molecule has 0 N–H and O–H groups in total. The van der Waals surface area contributed by atoms with Crippen LogP contribution in [0.2, 0.25) is 0 Å². The van der Waals surface area contributed by atoms with Crippen molar-refractivity contribution >= 4 is 25.8 Å². The molecular formula is C14H20BrNO2S. The lowest BCUT2D eigenvalue weighted by Crippen LogP contribution is -2.33. The van der Waals surface area contributed by atoms with Crippen LogP contribution in [0.3, 0.4) is 0 Å². The van der Waals surface area contributed by atoms with E-state index in [1.165, 1.54) is 5.56 Å². The molecule has 0 radical (unpaired) electrons. The van der Waals surface area contributed by atoms with Crippen molar-refractivity contribution in [3.05, 3.63) is 34.3 Å². The van der Waals surface area contributed by atoms with E-state index in [-0.39, 0.29) is 6.04 Å². The summed E-state index contributed by atoms with van der Waals surface area (Å²) in [5.41, 5.74) is 1.31. The van der Waals surface area contributed by atoms with Gasteiger partial charge in [-0.25, -0.2) is 8.42 Å². The fourth-order valence-electron chi connectivity index (χ4n) is 2.53. The van der Waals surface area contributed by atoms with Gasteiger partial charge in [-0.1, -0.05) is 34.1 Å². The standard InChI is InChI=1S/C14H20BrNO2S/c1-16(13-8-10-19(17,18)11-13)9-4-6-12-5-2-3-7-14(12)15/h2-3,5,7,13H,4,6,8-11H2,1H3/t13-/m0/s1. The van der Waals surface area contributed by atoms with Gasteiger partial charge in [-0.05, 0) is 44.5 Å². The maximum Gasteiger partial charge on any atom is 0.151 e. The van der Waals surface area contributed by atoms with Crippen molar-refractivity contribution in [1.82, 2.24) is 4.90 Å². The van der Waals surface area contributed by atoms with Gasteiger partial charge >= 0.3 is 0 Å². The minimum Gasteiger partial charge on any atom is -0.302 e. The van der Waals surface area contributed by atoms with Gasteiger partial charge in [0.15, 0.2) is 9.84 Å². The molecule has 106 valence electrons. The van der Waals surface area contributed by atoms with E-state index < -0.39 is 9.84 Å². The molecule has 0 spiro atoms. The van der Waals surface area contributed by atoms with E-state index in [0.717, 1.165) is 30.3 Å². The van der Waals surface area contributed by atoms with E-state index in [1.807, 2.05) is 19.2 Å². The monoisotopic (exact) mass is 345 g/mol. The van der Waals surface area contributed by atoms with Crippen LogP contribution in [-0.2, 0) is 16.3 Å². The van der Waals surface area contributed by atoms with Crippen LogP contribution in [0.1, 0.15) is 18.4 Å². The van der Waals surface area contributed by atoms with Crippen molar-refractivity contribution in [2.24, 2.45) is 0 Å². The van der Waals surface area contributed by atoms with E-state index in [0.29, 0.717) is 11.5 Å². The first kappa shape index (κ1) is 15.0. The van der Waals surface area contributed by atoms with Gasteiger partial charge in [0.2, 0.25) is 0 Å². The average molecular weight is 346 g/mol. The predicted octanol–water partition coefficient (Wildman–Crippen LogP) is 2.50. The second-order valence-corrected chi connectivity index (χ2v) is 8.32. The SMILES string of the molecule is CN(CCCc1ccccc1Br)[C@H]1CCS(=O)(=O)C1. The maximum absolute atomic E-state index is 11.5.